The highest BCUT2D eigenvalue weighted by atomic mass is 32.2. The smallest absolute Gasteiger partial charge is 0.182 e. The Kier molecular flexibility index (Phi) is 7.79. The zero-order valence-electron chi connectivity index (χ0n) is 21.4. The molecule has 1 aliphatic carbocycles. The van der Waals surface area contributed by atoms with E-state index in [1.54, 1.807) is 36.1 Å². The van der Waals surface area contributed by atoms with E-state index in [4.69, 9.17) is 19.7 Å². The van der Waals surface area contributed by atoms with Crippen molar-refractivity contribution >= 4 is 22.5 Å². The van der Waals surface area contributed by atoms with Crippen molar-refractivity contribution in [3.8, 4) is 23.0 Å². The van der Waals surface area contributed by atoms with E-state index in [1.165, 1.54) is 18.3 Å². The summed E-state index contributed by atoms with van der Waals surface area (Å²) in [7, 11) is -1.69. The molecule has 13 heteroatoms. The second-order valence-corrected chi connectivity index (χ2v) is 10.00. The molecule has 0 aliphatic heterocycles. The van der Waals surface area contributed by atoms with Gasteiger partial charge in [-0.25, -0.2) is 28.1 Å². The number of hydrogen-bond donors (Lipinski definition) is 2. The van der Waals surface area contributed by atoms with E-state index in [0.29, 0.717) is 29.6 Å². The highest BCUT2D eigenvalue weighted by Crippen LogP contribution is 2.44. The van der Waals surface area contributed by atoms with Crippen molar-refractivity contribution in [3.05, 3.63) is 71.3 Å². The Morgan fingerprint density at radius 1 is 1.18 bits per heavy atom. The molecule has 1 aliphatic rings. The molecule has 3 N–H and O–H groups in total. The molecule has 1 unspecified atom stereocenters. The molecule has 1 atom stereocenters. The first-order chi connectivity index (χ1) is 18.8. The second kappa shape index (κ2) is 11.4. The first kappa shape index (κ1) is 26.6. The van der Waals surface area contributed by atoms with Crippen LogP contribution in [0.5, 0.6) is 11.5 Å². The average Bonchev–Trinajstić information content (AvgIpc) is 3.69. The topological polar surface area (TPSA) is 130 Å². The molecular formula is C26H27F2N7O3S. The first-order valence-electron chi connectivity index (χ1n) is 12.3. The van der Waals surface area contributed by atoms with Crippen LogP contribution in [-0.2, 0) is 17.5 Å². The summed E-state index contributed by atoms with van der Waals surface area (Å²) in [6.45, 7) is 3.86. The van der Waals surface area contributed by atoms with Gasteiger partial charge < -0.3 is 14.8 Å². The standard InChI is InChI=1S/C26H27F2N7O3S/c1-3-37-18-10-20(27)19(21(28)11-18)13-35-24(16-4-5-16)15(2)23(34-35)26-31-12-22(38-14-39(29)36)25(33-26)32-17-6-8-30-9-7-17/h6-12,16H,3-5,13-14,29H2,1-2H3,(H,30,31,32,33). The number of anilines is 2. The van der Waals surface area contributed by atoms with Crippen molar-refractivity contribution in [2.45, 2.75) is 39.2 Å². The van der Waals surface area contributed by atoms with Gasteiger partial charge in [0.05, 0.1) is 19.3 Å². The molecular weight excluding hydrogens is 528 g/mol. The van der Waals surface area contributed by atoms with Crippen molar-refractivity contribution in [1.29, 1.82) is 0 Å². The number of ether oxygens (including phenoxy) is 2. The Bertz CT molecular complexity index is 1490. The van der Waals surface area contributed by atoms with Crippen LogP contribution in [0.25, 0.3) is 11.5 Å². The Morgan fingerprint density at radius 3 is 2.54 bits per heavy atom. The predicted molar refractivity (Wildman–Crippen MR) is 142 cm³/mol. The van der Waals surface area contributed by atoms with Crippen LogP contribution >= 0.6 is 0 Å². The third kappa shape index (κ3) is 6.04. The summed E-state index contributed by atoms with van der Waals surface area (Å²) in [5.41, 5.74) is 2.79. The molecule has 39 heavy (non-hydrogen) atoms. The molecule has 5 rings (SSSR count). The number of nitrogens with one attached hydrogen (secondary N) is 1. The van der Waals surface area contributed by atoms with E-state index in [1.807, 2.05) is 6.92 Å². The zero-order valence-corrected chi connectivity index (χ0v) is 22.2. The van der Waals surface area contributed by atoms with Crippen molar-refractivity contribution in [2.24, 2.45) is 5.14 Å². The summed E-state index contributed by atoms with van der Waals surface area (Å²) in [5.74, 6) is -0.432. The lowest BCUT2D eigenvalue weighted by atomic mass is 10.1. The first-order valence-corrected chi connectivity index (χ1v) is 13.7. The van der Waals surface area contributed by atoms with Crippen molar-refractivity contribution in [2.75, 3.05) is 17.9 Å². The summed E-state index contributed by atoms with van der Waals surface area (Å²) >= 11 is 0. The molecule has 1 saturated carbocycles. The number of hydrogen-bond acceptors (Lipinski definition) is 8. The van der Waals surface area contributed by atoms with Gasteiger partial charge in [0.2, 0.25) is 0 Å². The van der Waals surface area contributed by atoms with Gasteiger partial charge in [-0.15, -0.1) is 0 Å². The molecule has 10 nitrogen and oxygen atoms in total. The highest BCUT2D eigenvalue weighted by molar-refractivity contribution is 7.82. The number of rotatable bonds is 11. The average molecular weight is 556 g/mol. The lowest BCUT2D eigenvalue weighted by Gasteiger charge is -2.12. The summed E-state index contributed by atoms with van der Waals surface area (Å²) in [5, 5.41) is 13.2. The van der Waals surface area contributed by atoms with Crippen LogP contribution in [0.15, 0.2) is 42.9 Å². The van der Waals surface area contributed by atoms with E-state index >= 15 is 0 Å². The molecule has 0 radical (unpaired) electrons. The van der Waals surface area contributed by atoms with Crippen LogP contribution in [0.3, 0.4) is 0 Å². The SMILES string of the molecule is CCOc1cc(F)c(Cn2nc(-c3ncc(OCS(N)=O)c(Nc4ccncc4)n3)c(C)c2C2CC2)c(F)c1. The Morgan fingerprint density at radius 2 is 1.90 bits per heavy atom. The number of halogens is 2. The fourth-order valence-corrected chi connectivity index (χ4v) is 4.52. The Balaban J connectivity index is 1.53. The summed E-state index contributed by atoms with van der Waals surface area (Å²) < 4.78 is 53.6. The fourth-order valence-electron chi connectivity index (χ4n) is 4.28. The van der Waals surface area contributed by atoms with Gasteiger partial charge in [0.25, 0.3) is 0 Å². The molecule has 0 saturated heterocycles. The number of nitrogens with zero attached hydrogens (tertiary/aromatic N) is 5. The molecule has 3 heterocycles. The molecule has 0 amide bonds. The van der Waals surface area contributed by atoms with Gasteiger partial charge in [0.15, 0.2) is 23.3 Å². The third-order valence-electron chi connectivity index (χ3n) is 6.18. The second-order valence-electron chi connectivity index (χ2n) is 9.00. The van der Waals surface area contributed by atoms with E-state index in [0.717, 1.165) is 24.1 Å². The van der Waals surface area contributed by atoms with Gasteiger partial charge in [-0.3, -0.25) is 9.67 Å². The number of benzene rings is 1. The predicted octanol–water partition coefficient (Wildman–Crippen LogP) is 4.35. The summed E-state index contributed by atoms with van der Waals surface area (Å²) in [6, 6.07) is 5.86. The quantitative estimate of drug-likeness (QED) is 0.279. The van der Waals surface area contributed by atoms with Crippen LogP contribution in [0.1, 0.15) is 42.5 Å². The summed E-state index contributed by atoms with van der Waals surface area (Å²) in [6.07, 6.45) is 6.59. The molecule has 1 aromatic carbocycles. The van der Waals surface area contributed by atoms with Gasteiger partial charge in [-0.2, -0.15) is 5.10 Å². The molecule has 204 valence electrons. The van der Waals surface area contributed by atoms with E-state index in [2.05, 4.69) is 20.3 Å². The molecule has 0 spiro atoms. The molecule has 0 bridgehead atoms. The monoisotopic (exact) mass is 555 g/mol. The number of pyridine rings is 1. The van der Waals surface area contributed by atoms with Crippen LogP contribution in [0.4, 0.5) is 20.3 Å². The van der Waals surface area contributed by atoms with E-state index < -0.39 is 22.6 Å². The van der Waals surface area contributed by atoms with Crippen molar-refractivity contribution < 1.29 is 22.5 Å². The van der Waals surface area contributed by atoms with E-state index in [-0.39, 0.29) is 35.5 Å². The van der Waals surface area contributed by atoms with Crippen LogP contribution in [-0.4, -0.2) is 41.5 Å². The van der Waals surface area contributed by atoms with Gasteiger partial charge in [0.1, 0.15) is 34.1 Å². The maximum absolute atomic E-state index is 14.9. The van der Waals surface area contributed by atoms with Crippen LogP contribution in [0.2, 0.25) is 0 Å². The molecule has 1 fully saturated rings. The largest absolute Gasteiger partial charge is 0.494 e. The summed E-state index contributed by atoms with van der Waals surface area (Å²) in [4.78, 5) is 13.1. The minimum Gasteiger partial charge on any atom is -0.494 e. The third-order valence-corrected chi connectivity index (χ3v) is 6.53. The highest BCUT2D eigenvalue weighted by Gasteiger charge is 2.32. The van der Waals surface area contributed by atoms with Crippen LogP contribution in [0, 0.1) is 18.6 Å². The maximum atomic E-state index is 14.9. The van der Waals surface area contributed by atoms with Gasteiger partial charge in [0, 0.05) is 53.0 Å². The fraction of sp³-hybridized carbons (Fsp3) is 0.308. The molecule has 3 aromatic heterocycles. The van der Waals surface area contributed by atoms with Gasteiger partial charge in [-0.1, -0.05) is 0 Å². The Labute approximate surface area is 226 Å². The van der Waals surface area contributed by atoms with Crippen LogP contribution < -0.4 is 19.9 Å². The van der Waals surface area contributed by atoms with Gasteiger partial charge >= 0.3 is 0 Å². The van der Waals surface area contributed by atoms with Gasteiger partial charge in [-0.05, 0) is 38.8 Å². The Hall–Kier alpha value is -3.97. The lowest BCUT2D eigenvalue weighted by molar-refractivity contribution is 0.335. The maximum Gasteiger partial charge on any atom is 0.182 e. The van der Waals surface area contributed by atoms with Crippen molar-refractivity contribution in [3.63, 3.8) is 0 Å². The minimum absolute atomic E-state index is 0.0949. The number of aromatic nitrogens is 5. The zero-order chi connectivity index (χ0) is 27.5. The lowest BCUT2D eigenvalue weighted by Crippen LogP contribution is -2.14. The normalized spacial score (nSPS) is 13.8. The van der Waals surface area contributed by atoms with E-state index in [9.17, 15) is 13.0 Å². The number of nitrogens with two attached hydrogens (primary N) is 1. The molecule has 4 aromatic rings. The van der Waals surface area contributed by atoms with Crippen molar-refractivity contribution in [1.82, 2.24) is 24.7 Å². The minimum atomic E-state index is -1.69.